The van der Waals surface area contributed by atoms with E-state index in [1.54, 1.807) is 0 Å². The van der Waals surface area contributed by atoms with Gasteiger partial charge in [-0.05, 0) is 38.8 Å². The lowest BCUT2D eigenvalue weighted by Crippen LogP contribution is -1.95. The SMILES string of the molecule is C=C(C)Oc1c(C)cc(C)cc1C. The van der Waals surface area contributed by atoms with Crippen LogP contribution in [0.15, 0.2) is 24.5 Å². The molecule has 0 saturated heterocycles. The molecule has 1 aromatic rings. The van der Waals surface area contributed by atoms with Crippen LogP contribution in [-0.4, -0.2) is 0 Å². The van der Waals surface area contributed by atoms with Gasteiger partial charge in [-0.25, -0.2) is 0 Å². The predicted molar refractivity (Wildman–Crippen MR) is 56.1 cm³/mol. The van der Waals surface area contributed by atoms with E-state index in [-0.39, 0.29) is 0 Å². The van der Waals surface area contributed by atoms with Crippen LogP contribution in [-0.2, 0) is 0 Å². The summed E-state index contributed by atoms with van der Waals surface area (Å²) < 4.78 is 5.54. The summed E-state index contributed by atoms with van der Waals surface area (Å²) in [6, 6.07) is 4.23. The van der Waals surface area contributed by atoms with E-state index in [0.29, 0.717) is 0 Å². The van der Waals surface area contributed by atoms with Crippen LogP contribution >= 0.6 is 0 Å². The number of hydrogen-bond acceptors (Lipinski definition) is 1. The number of rotatable bonds is 2. The maximum atomic E-state index is 5.54. The van der Waals surface area contributed by atoms with Gasteiger partial charge in [0.2, 0.25) is 0 Å². The van der Waals surface area contributed by atoms with Gasteiger partial charge >= 0.3 is 0 Å². The fourth-order valence-corrected chi connectivity index (χ4v) is 1.50. The minimum atomic E-state index is 0.732. The zero-order valence-corrected chi connectivity index (χ0v) is 8.77. The van der Waals surface area contributed by atoms with Gasteiger partial charge in [0.25, 0.3) is 0 Å². The monoisotopic (exact) mass is 176 g/mol. The molecule has 0 unspecified atom stereocenters. The number of aryl methyl sites for hydroxylation is 3. The van der Waals surface area contributed by atoms with Gasteiger partial charge in [-0.15, -0.1) is 0 Å². The third-order valence-corrected chi connectivity index (χ3v) is 1.88. The van der Waals surface area contributed by atoms with Crippen LogP contribution in [0.3, 0.4) is 0 Å². The normalized spacial score (nSPS) is 9.85. The Balaban J connectivity index is 3.13. The topological polar surface area (TPSA) is 9.23 Å². The predicted octanol–water partition coefficient (Wildman–Crippen LogP) is 3.52. The van der Waals surface area contributed by atoms with Crippen molar-refractivity contribution < 1.29 is 4.74 Å². The molecule has 1 heteroatoms. The molecule has 0 bridgehead atoms. The maximum absolute atomic E-state index is 5.54. The first-order chi connectivity index (χ1) is 6.00. The number of ether oxygens (including phenoxy) is 1. The van der Waals surface area contributed by atoms with Crippen LogP contribution in [0.25, 0.3) is 0 Å². The smallest absolute Gasteiger partial charge is 0.132 e. The zero-order valence-electron chi connectivity index (χ0n) is 8.77. The van der Waals surface area contributed by atoms with E-state index in [0.717, 1.165) is 11.5 Å². The van der Waals surface area contributed by atoms with Gasteiger partial charge in [0, 0.05) is 0 Å². The summed E-state index contributed by atoms with van der Waals surface area (Å²) in [6.45, 7) is 11.8. The van der Waals surface area contributed by atoms with Crippen molar-refractivity contribution in [3.05, 3.63) is 41.2 Å². The van der Waals surface area contributed by atoms with Crippen LogP contribution in [0.5, 0.6) is 5.75 Å². The lowest BCUT2D eigenvalue weighted by atomic mass is 10.1. The van der Waals surface area contributed by atoms with Gasteiger partial charge in [-0.3, -0.25) is 0 Å². The second-order valence-corrected chi connectivity index (χ2v) is 3.53. The summed E-state index contributed by atoms with van der Waals surface area (Å²) in [5, 5.41) is 0. The molecule has 0 amide bonds. The summed E-state index contributed by atoms with van der Waals surface area (Å²) in [4.78, 5) is 0. The molecule has 0 heterocycles. The molecule has 70 valence electrons. The number of allylic oxidation sites excluding steroid dienone is 1. The molecule has 0 aliphatic heterocycles. The Hall–Kier alpha value is -1.24. The largest absolute Gasteiger partial charge is 0.462 e. The van der Waals surface area contributed by atoms with Gasteiger partial charge < -0.3 is 4.74 Å². The average Bonchev–Trinajstić information content (AvgIpc) is 1.96. The third-order valence-electron chi connectivity index (χ3n) is 1.88. The molecule has 0 N–H and O–H groups in total. The zero-order chi connectivity index (χ0) is 10.0. The molecule has 1 nitrogen and oxygen atoms in total. The number of hydrogen-bond donors (Lipinski definition) is 0. The highest BCUT2D eigenvalue weighted by atomic mass is 16.5. The minimum Gasteiger partial charge on any atom is -0.462 e. The number of benzene rings is 1. The minimum absolute atomic E-state index is 0.732. The Labute approximate surface area is 80.0 Å². The molecular formula is C12H16O. The van der Waals surface area contributed by atoms with Gasteiger partial charge in [-0.2, -0.15) is 0 Å². The Morgan fingerprint density at radius 2 is 1.62 bits per heavy atom. The highest BCUT2D eigenvalue weighted by molar-refractivity contribution is 5.43. The highest BCUT2D eigenvalue weighted by Gasteiger charge is 2.04. The molecule has 13 heavy (non-hydrogen) atoms. The molecule has 0 radical (unpaired) electrons. The molecule has 1 rings (SSSR count). The first kappa shape index (κ1) is 9.85. The van der Waals surface area contributed by atoms with Crippen molar-refractivity contribution in [2.45, 2.75) is 27.7 Å². The van der Waals surface area contributed by atoms with Crippen LogP contribution in [0.1, 0.15) is 23.6 Å². The molecule has 0 atom stereocenters. The molecular weight excluding hydrogens is 160 g/mol. The van der Waals surface area contributed by atoms with Crippen molar-refractivity contribution in [1.82, 2.24) is 0 Å². The van der Waals surface area contributed by atoms with E-state index in [1.807, 2.05) is 6.92 Å². The fraction of sp³-hybridized carbons (Fsp3) is 0.333. The Kier molecular flexibility index (Phi) is 2.76. The van der Waals surface area contributed by atoms with E-state index in [1.165, 1.54) is 16.7 Å². The summed E-state index contributed by atoms with van der Waals surface area (Å²) in [5.74, 6) is 1.67. The van der Waals surface area contributed by atoms with Crippen LogP contribution < -0.4 is 4.74 Å². The van der Waals surface area contributed by atoms with Crippen LogP contribution in [0.4, 0.5) is 0 Å². The van der Waals surface area contributed by atoms with Crippen molar-refractivity contribution in [3.63, 3.8) is 0 Å². The van der Waals surface area contributed by atoms with Crippen LogP contribution in [0.2, 0.25) is 0 Å². The third kappa shape index (κ3) is 2.35. The van der Waals surface area contributed by atoms with Crippen molar-refractivity contribution >= 4 is 0 Å². The second kappa shape index (κ2) is 3.65. The molecule has 0 fully saturated rings. The van der Waals surface area contributed by atoms with Gasteiger partial charge in [0.15, 0.2) is 0 Å². The molecule has 0 aromatic heterocycles. The van der Waals surface area contributed by atoms with Crippen molar-refractivity contribution in [2.75, 3.05) is 0 Å². The summed E-state index contributed by atoms with van der Waals surface area (Å²) in [6.07, 6.45) is 0. The quantitative estimate of drug-likeness (QED) is 0.626. The Morgan fingerprint density at radius 1 is 1.15 bits per heavy atom. The first-order valence-electron chi connectivity index (χ1n) is 4.42. The van der Waals surface area contributed by atoms with Gasteiger partial charge in [0.1, 0.15) is 5.75 Å². The van der Waals surface area contributed by atoms with Gasteiger partial charge in [0.05, 0.1) is 5.76 Å². The molecule has 0 aliphatic carbocycles. The van der Waals surface area contributed by atoms with E-state index in [2.05, 4.69) is 39.5 Å². The van der Waals surface area contributed by atoms with E-state index in [9.17, 15) is 0 Å². The Morgan fingerprint density at radius 3 is 2.00 bits per heavy atom. The maximum Gasteiger partial charge on any atom is 0.132 e. The van der Waals surface area contributed by atoms with Crippen molar-refractivity contribution in [1.29, 1.82) is 0 Å². The van der Waals surface area contributed by atoms with E-state index < -0.39 is 0 Å². The average molecular weight is 176 g/mol. The lowest BCUT2D eigenvalue weighted by molar-refractivity contribution is 0.424. The first-order valence-corrected chi connectivity index (χ1v) is 4.42. The molecule has 0 spiro atoms. The molecule has 1 aromatic carbocycles. The highest BCUT2D eigenvalue weighted by Crippen LogP contribution is 2.25. The van der Waals surface area contributed by atoms with Gasteiger partial charge in [-0.1, -0.05) is 24.3 Å². The van der Waals surface area contributed by atoms with Crippen molar-refractivity contribution in [3.8, 4) is 5.75 Å². The summed E-state index contributed by atoms with van der Waals surface area (Å²) in [5.41, 5.74) is 3.60. The van der Waals surface area contributed by atoms with E-state index in [4.69, 9.17) is 4.74 Å². The van der Waals surface area contributed by atoms with Crippen molar-refractivity contribution in [2.24, 2.45) is 0 Å². The summed E-state index contributed by atoms with van der Waals surface area (Å²) in [7, 11) is 0. The fourth-order valence-electron chi connectivity index (χ4n) is 1.50. The molecule has 0 saturated carbocycles. The standard InChI is InChI=1S/C12H16O/c1-8(2)13-12-10(4)6-9(3)7-11(12)5/h6-7H,1H2,2-5H3. The summed E-state index contributed by atoms with van der Waals surface area (Å²) >= 11 is 0. The van der Waals surface area contributed by atoms with Crippen LogP contribution in [0, 0.1) is 20.8 Å². The van der Waals surface area contributed by atoms with E-state index >= 15 is 0 Å². The second-order valence-electron chi connectivity index (χ2n) is 3.53. The Bertz CT molecular complexity index is 314. The lowest BCUT2D eigenvalue weighted by Gasteiger charge is -2.11. The molecule has 0 aliphatic rings.